The molecule has 0 bridgehead atoms. The standard InChI is InChI=1S/C20H22F2N2O4S/c1-29-12-11-17(24-18(25)13-27-15-5-3-2-4-6-15)19(26)23-14-7-9-16(10-8-14)28-20(21)22/h2-10,17,20H,11-13H2,1H3,(H,23,26)(H,24,25). The molecule has 0 radical (unpaired) electrons. The molecule has 0 aromatic heterocycles. The summed E-state index contributed by atoms with van der Waals surface area (Å²) in [5.41, 5.74) is 0.403. The minimum atomic E-state index is -2.92. The lowest BCUT2D eigenvalue weighted by Gasteiger charge is -2.18. The first-order valence-corrected chi connectivity index (χ1v) is 10.2. The van der Waals surface area contributed by atoms with Gasteiger partial charge in [0.25, 0.3) is 5.91 Å². The van der Waals surface area contributed by atoms with Crippen LogP contribution in [0.15, 0.2) is 54.6 Å². The Morgan fingerprint density at radius 1 is 1.03 bits per heavy atom. The molecule has 2 aromatic rings. The van der Waals surface area contributed by atoms with Gasteiger partial charge in [0.05, 0.1) is 0 Å². The van der Waals surface area contributed by atoms with Crippen LogP contribution >= 0.6 is 11.8 Å². The van der Waals surface area contributed by atoms with Crippen molar-refractivity contribution in [3.63, 3.8) is 0 Å². The van der Waals surface area contributed by atoms with Gasteiger partial charge >= 0.3 is 6.61 Å². The Hall–Kier alpha value is -2.81. The average molecular weight is 424 g/mol. The van der Waals surface area contributed by atoms with E-state index in [1.165, 1.54) is 24.3 Å². The number of alkyl halides is 2. The number of hydrogen-bond donors (Lipinski definition) is 2. The first kappa shape index (κ1) is 22.5. The number of amides is 2. The van der Waals surface area contributed by atoms with Crippen molar-refractivity contribution in [2.24, 2.45) is 0 Å². The SMILES string of the molecule is CSCCC(NC(=O)COc1ccccc1)C(=O)Nc1ccc(OC(F)F)cc1. The molecule has 9 heteroatoms. The quantitative estimate of drug-likeness (QED) is 0.577. The second kappa shape index (κ2) is 11.9. The molecule has 2 rings (SSSR count). The van der Waals surface area contributed by atoms with Crippen molar-refractivity contribution >= 4 is 29.3 Å². The Labute approximate surface area is 172 Å². The molecule has 1 atom stereocenters. The average Bonchev–Trinajstić information content (AvgIpc) is 2.71. The third-order valence-electron chi connectivity index (χ3n) is 3.72. The number of para-hydroxylation sites is 1. The fraction of sp³-hybridized carbons (Fsp3) is 0.300. The summed E-state index contributed by atoms with van der Waals surface area (Å²) >= 11 is 1.55. The van der Waals surface area contributed by atoms with Gasteiger partial charge in [0, 0.05) is 5.69 Å². The van der Waals surface area contributed by atoms with Crippen LogP contribution in [0.1, 0.15) is 6.42 Å². The molecule has 0 heterocycles. The predicted molar refractivity (Wildman–Crippen MR) is 109 cm³/mol. The van der Waals surface area contributed by atoms with Gasteiger partial charge in [-0.3, -0.25) is 9.59 Å². The molecular weight excluding hydrogens is 402 g/mol. The maximum absolute atomic E-state index is 12.6. The zero-order valence-corrected chi connectivity index (χ0v) is 16.6. The van der Waals surface area contributed by atoms with Crippen LogP contribution in [0.4, 0.5) is 14.5 Å². The van der Waals surface area contributed by atoms with Crippen molar-refractivity contribution in [1.82, 2.24) is 5.32 Å². The second-order valence-corrected chi connectivity index (χ2v) is 6.88. The number of anilines is 1. The first-order chi connectivity index (χ1) is 14.0. The molecule has 0 aliphatic carbocycles. The van der Waals surface area contributed by atoms with Crippen molar-refractivity contribution < 1.29 is 27.8 Å². The fourth-order valence-electron chi connectivity index (χ4n) is 2.36. The molecule has 29 heavy (non-hydrogen) atoms. The first-order valence-electron chi connectivity index (χ1n) is 8.80. The Morgan fingerprint density at radius 2 is 1.72 bits per heavy atom. The van der Waals surface area contributed by atoms with E-state index in [1.807, 2.05) is 12.3 Å². The summed E-state index contributed by atoms with van der Waals surface area (Å²) in [6.07, 6.45) is 2.33. The summed E-state index contributed by atoms with van der Waals surface area (Å²) in [6.45, 7) is -3.13. The van der Waals surface area contributed by atoms with Crippen LogP contribution in [0.25, 0.3) is 0 Å². The van der Waals surface area contributed by atoms with E-state index in [-0.39, 0.29) is 12.4 Å². The molecule has 0 saturated heterocycles. The number of thioether (sulfide) groups is 1. The Balaban J connectivity index is 1.91. The number of halogens is 2. The zero-order valence-electron chi connectivity index (χ0n) is 15.8. The lowest BCUT2D eigenvalue weighted by atomic mass is 10.2. The van der Waals surface area contributed by atoms with Crippen molar-refractivity contribution in [3.05, 3.63) is 54.6 Å². The maximum Gasteiger partial charge on any atom is 0.387 e. The van der Waals surface area contributed by atoms with E-state index in [4.69, 9.17) is 4.74 Å². The van der Waals surface area contributed by atoms with E-state index >= 15 is 0 Å². The number of carbonyl (C=O) groups is 2. The van der Waals surface area contributed by atoms with Crippen molar-refractivity contribution in [2.45, 2.75) is 19.1 Å². The van der Waals surface area contributed by atoms with Gasteiger partial charge in [-0.1, -0.05) is 18.2 Å². The van der Waals surface area contributed by atoms with Gasteiger partial charge in [-0.2, -0.15) is 20.5 Å². The number of benzene rings is 2. The van der Waals surface area contributed by atoms with Gasteiger partial charge in [0.2, 0.25) is 5.91 Å². The largest absolute Gasteiger partial charge is 0.484 e. The second-order valence-electron chi connectivity index (χ2n) is 5.90. The molecule has 1 unspecified atom stereocenters. The van der Waals surface area contributed by atoms with Gasteiger partial charge in [0.1, 0.15) is 17.5 Å². The maximum atomic E-state index is 12.6. The molecule has 0 saturated carbocycles. The summed E-state index contributed by atoms with van der Waals surface area (Å²) in [5.74, 6) is 0.381. The lowest BCUT2D eigenvalue weighted by Crippen LogP contribution is -2.45. The number of rotatable bonds is 11. The molecule has 0 aliphatic heterocycles. The van der Waals surface area contributed by atoms with Crippen LogP contribution in [-0.4, -0.2) is 43.1 Å². The van der Waals surface area contributed by atoms with Crippen LogP contribution in [0.5, 0.6) is 11.5 Å². The number of hydrogen-bond acceptors (Lipinski definition) is 5. The van der Waals surface area contributed by atoms with Gasteiger partial charge in [0.15, 0.2) is 6.61 Å². The van der Waals surface area contributed by atoms with Crippen LogP contribution in [0.3, 0.4) is 0 Å². The zero-order chi connectivity index (χ0) is 21.1. The normalized spacial score (nSPS) is 11.6. The lowest BCUT2D eigenvalue weighted by molar-refractivity contribution is -0.127. The van der Waals surface area contributed by atoms with E-state index in [0.717, 1.165) is 0 Å². The van der Waals surface area contributed by atoms with E-state index in [1.54, 1.807) is 36.0 Å². The minimum Gasteiger partial charge on any atom is -0.484 e. The van der Waals surface area contributed by atoms with Gasteiger partial charge in [-0.15, -0.1) is 0 Å². The molecule has 0 aliphatic rings. The van der Waals surface area contributed by atoms with E-state index < -0.39 is 24.5 Å². The molecule has 2 N–H and O–H groups in total. The highest BCUT2D eigenvalue weighted by molar-refractivity contribution is 7.98. The van der Waals surface area contributed by atoms with Crippen molar-refractivity contribution in [1.29, 1.82) is 0 Å². The van der Waals surface area contributed by atoms with Crippen molar-refractivity contribution in [3.8, 4) is 11.5 Å². The molecule has 0 fully saturated rings. The molecule has 0 spiro atoms. The van der Waals surface area contributed by atoms with Crippen molar-refractivity contribution in [2.75, 3.05) is 23.9 Å². The summed E-state index contributed by atoms with van der Waals surface area (Å²) in [4.78, 5) is 24.7. The summed E-state index contributed by atoms with van der Waals surface area (Å²) in [7, 11) is 0. The highest BCUT2D eigenvalue weighted by Gasteiger charge is 2.21. The summed E-state index contributed by atoms with van der Waals surface area (Å²) in [6, 6.07) is 13.7. The molecule has 2 amide bonds. The monoisotopic (exact) mass is 424 g/mol. The highest BCUT2D eigenvalue weighted by Crippen LogP contribution is 2.18. The smallest absolute Gasteiger partial charge is 0.387 e. The highest BCUT2D eigenvalue weighted by atomic mass is 32.2. The van der Waals surface area contributed by atoms with E-state index in [0.29, 0.717) is 23.6 Å². The van der Waals surface area contributed by atoms with E-state index in [2.05, 4.69) is 15.4 Å². The molecule has 6 nitrogen and oxygen atoms in total. The molecular formula is C20H22F2N2O4S. The van der Waals surface area contributed by atoms with Crippen LogP contribution in [0.2, 0.25) is 0 Å². The Kier molecular flexibility index (Phi) is 9.23. The molecule has 2 aromatic carbocycles. The fourth-order valence-corrected chi connectivity index (χ4v) is 2.83. The summed E-state index contributed by atoms with van der Waals surface area (Å²) in [5, 5.41) is 5.33. The molecule has 156 valence electrons. The number of ether oxygens (including phenoxy) is 2. The third kappa shape index (κ3) is 8.39. The summed E-state index contributed by atoms with van der Waals surface area (Å²) < 4.78 is 34.1. The van der Waals surface area contributed by atoms with Crippen LogP contribution < -0.4 is 20.1 Å². The van der Waals surface area contributed by atoms with Gasteiger partial charge in [-0.25, -0.2) is 0 Å². The Bertz CT molecular complexity index is 776. The van der Waals surface area contributed by atoms with Gasteiger partial charge < -0.3 is 20.1 Å². The third-order valence-corrected chi connectivity index (χ3v) is 4.37. The Morgan fingerprint density at radius 3 is 2.34 bits per heavy atom. The predicted octanol–water partition coefficient (Wildman–Crippen LogP) is 3.54. The van der Waals surface area contributed by atoms with Gasteiger partial charge in [-0.05, 0) is 54.8 Å². The van der Waals surface area contributed by atoms with E-state index in [9.17, 15) is 18.4 Å². The number of carbonyl (C=O) groups excluding carboxylic acids is 2. The van der Waals surface area contributed by atoms with Crippen LogP contribution in [-0.2, 0) is 9.59 Å². The topological polar surface area (TPSA) is 76.7 Å². The number of nitrogens with one attached hydrogen (secondary N) is 2. The minimum absolute atomic E-state index is 0.0108. The van der Waals surface area contributed by atoms with Crippen LogP contribution in [0, 0.1) is 0 Å².